The van der Waals surface area contributed by atoms with Crippen LogP contribution in [-0.2, 0) is 25.5 Å². The summed E-state index contributed by atoms with van der Waals surface area (Å²) in [7, 11) is 0. The van der Waals surface area contributed by atoms with E-state index in [4.69, 9.17) is 14.2 Å². The van der Waals surface area contributed by atoms with Gasteiger partial charge in [0.15, 0.2) is 0 Å². The number of carbonyl (C=O) groups is 3. The maximum Gasteiger partial charge on any atom is 0.407 e. The third-order valence-electron chi connectivity index (χ3n) is 7.80. The molecule has 12 nitrogen and oxygen atoms in total. The van der Waals surface area contributed by atoms with E-state index in [9.17, 15) is 34.8 Å². The van der Waals surface area contributed by atoms with E-state index < -0.39 is 61.3 Å². The summed E-state index contributed by atoms with van der Waals surface area (Å²) in [4.78, 5) is 36.3. The number of hydrogen-bond donors (Lipinski definition) is 6. The van der Waals surface area contributed by atoms with E-state index >= 15 is 0 Å². The number of ether oxygens (including phenoxy) is 3. The normalized spacial score (nSPS) is 23.1. The van der Waals surface area contributed by atoms with Crippen LogP contribution >= 0.6 is 0 Å². The number of alkyl carbamates (subject to hydrolysis) is 1. The van der Waals surface area contributed by atoms with Crippen LogP contribution in [0.25, 0.3) is 11.1 Å². The van der Waals surface area contributed by atoms with Gasteiger partial charge in [0.05, 0.1) is 6.61 Å². The molecular weight excluding hydrogens is 572 g/mol. The molecule has 5 rings (SSSR count). The molecule has 0 spiro atoms. The second kappa shape index (κ2) is 13.4. The molecule has 1 fully saturated rings. The van der Waals surface area contributed by atoms with Crippen molar-refractivity contribution in [3.05, 3.63) is 89.5 Å². The summed E-state index contributed by atoms with van der Waals surface area (Å²) in [6.45, 7) is 0.694. The lowest BCUT2D eigenvalue weighted by Gasteiger charge is -2.42. The number of fused-ring (bicyclic) bond motifs is 3. The minimum Gasteiger partial charge on any atom is -0.480 e. The topological polar surface area (TPSA) is 184 Å². The molecular formula is C32H34N2O10. The zero-order valence-corrected chi connectivity index (χ0v) is 23.8. The van der Waals surface area contributed by atoms with Gasteiger partial charge >= 0.3 is 12.1 Å². The lowest BCUT2D eigenvalue weighted by Crippen LogP contribution is -2.65. The maximum absolute atomic E-state index is 12.7. The predicted octanol–water partition coefficient (Wildman–Crippen LogP) is 1.54. The van der Waals surface area contributed by atoms with E-state index in [1.165, 1.54) is 19.1 Å². The van der Waals surface area contributed by atoms with Crippen LogP contribution in [0.15, 0.2) is 72.8 Å². The molecule has 6 atom stereocenters. The summed E-state index contributed by atoms with van der Waals surface area (Å²) in [5.74, 6) is -1.64. The third kappa shape index (κ3) is 6.68. The van der Waals surface area contributed by atoms with Crippen molar-refractivity contribution in [2.75, 3.05) is 13.2 Å². The molecule has 0 aromatic heterocycles. The Morgan fingerprint density at radius 3 is 2.09 bits per heavy atom. The molecule has 1 aliphatic heterocycles. The van der Waals surface area contributed by atoms with Crippen LogP contribution in [0.5, 0.6) is 5.75 Å². The number of carbonyl (C=O) groups excluding carboxylic acids is 2. The fourth-order valence-corrected chi connectivity index (χ4v) is 5.63. The molecule has 44 heavy (non-hydrogen) atoms. The molecule has 0 radical (unpaired) electrons. The Morgan fingerprint density at radius 1 is 0.909 bits per heavy atom. The molecule has 232 valence electrons. The minimum atomic E-state index is -1.46. The van der Waals surface area contributed by atoms with Crippen LogP contribution in [0.1, 0.15) is 29.5 Å². The Kier molecular flexibility index (Phi) is 9.45. The van der Waals surface area contributed by atoms with Crippen molar-refractivity contribution < 1.29 is 49.0 Å². The number of nitrogens with one attached hydrogen (secondary N) is 2. The fourth-order valence-electron chi connectivity index (χ4n) is 5.63. The highest BCUT2D eigenvalue weighted by molar-refractivity contribution is 5.81. The van der Waals surface area contributed by atoms with E-state index in [-0.39, 0.29) is 24.7 Å². The van der Waals surface area contributed by atoms with Gasteiger partial charge in [0.2, 0.25) is 12.2 Å². The Hall–Kier alpha value is -4.49. The van der Waals surface area contributed by atoms with Gasteiger partial charge in [0.1, 0.15) is 42.8 Å². The number of rotatable bonds is 10. The molecule has 2 aliphatic rings. The molecule has 6 N–H and O–H groups in total. The van der Waals surface area contributed by atoms with Gasteiger partial charge in [0, 0.05) is 19.3 Å². The summed E-state index contributed by atoms with van der Waals surface area (Å²) < 4.78 is 16.9. The van der Waals surface area contributed by atoms with Crippen LogP contribution in [0.2, 0.25) is 0 Å². The van der Waals surface area contributed by atoms with E-state index in [2.05, 4.69) is 10.6 Å². The van der Waals surface area contributed by atoms with Crippen molar-refractivity contribution in [2.45, 2.75) is 55.9 Å². The van der Waals surface area contributed by atoms with Gasteiger partial charge in [-0.15, -0.1) is 0 Å². The number of carboxylic acids is 1. The van der Waals surface area contributed by atoms with E-state index in [0.717, 1.165) is 22.3 Å². The standard InChI is InChI=1S/C32H34N2O10/c1-17(36)33-27-29(38)28(37)26(15-35)44-31(27)43-19-12-10-18(11-13-19)14-25(30(39)40)34-32(41)42-16-24-22-8-4-2-6-20(22)21-7-3-5-9-23(21)24/h2-13,24-29,31,35,37-38H,14-16H2,1H3,(H,33,36)(H,34,41)(H,39,40)/t25?,26-,27-,28-,29-,31+/m1/s1. The molecule has 0 saturated carbocycles. The summed E-state index contributed by atoms with van der Waals surface area (Å²) in [6, 6.07) is 19.6. The molecule has 1 unspecified atom stereocenters. The first-order valence-corrected chi connectivity index (χ1v) is 14.2. The molecule has 1 saturated heterocycles. The Bertz CT molecular complexity index is 1450. The van der Waals surface area contributed by atoms with Crippen molar-refractivity contribution in [1.29, 1.82) is 0 Å². The van der Waals surface area contributed by atoms with Crippen LogP contribution in [0, 0.1) is 0 Å². The number of aliphatic carboxylic acids is 1. The highest BCUT2D eigenvalue weighted by Crippen LogP contribution is 2.44. The fraction of sp³-hybridized carbons (Fsp3) is 0.344. The van der Waals surface area contributed by atoms with Crippen molar-refractivity contribution in [3.8, 4) is 16.9 Å². The summed E-state index contributed by atoms with van der Waals surface area (Å²) in [5.41, 5.74) is 4.80. The second-order valence-electron chi connectivity index (χ2n) is 10.8. The quantitative estimate of drug-likeness (QED) is 0.198. The van der Waals surface area contributed by atoms with Crippen molar-refractivity contribution in [2.24, 2.45) is 0 Å². The van der Waals surface area contributed by atoms with Gasteiger partial charge < -0.3 is 45.3 Å². The SMILES string of the molecule is CC(=O)N[C@H]1[C@@H](Oc2ccc(CC(NC(=O)OCC3c4ccccc4-c4ccccc43)C(=O)O)cc2)O[C@H](CO)[C@@H](O)[C@@H]1O. The first-order valence-electron chi connectivity index (χ1n) is 14.2. The number of benzene rings is 3. The van der Waals surface area contributed by atoms with Gasteiger partial charge in [-0.25, -0.2) is 9.59 Å². The van der Waals surface area contributed by atoms with E-state index in [1.807, 2.05) is 48.5 Å². The Balaban J connectivity index is 1.19. The molecule has 2 amide bonds. The highest BCUT2D eigenvalue weighted by Gasteiger charge is 2.46. The average molecular weight is 607 g/mol. The van der Waals surface area contributed by atoms with Crippen LogP contribution in [0.4, 0.5) is 4.79 Å². The smallest absolute Gasteiger partial charge is 0.407 e. The Labute approximate surface area is 253 Å². The van der Waals surface area contributed by atoms with E-state index in [1.54, 1.807) is 12.1 Å². The first-order chi connectivity index (χ1) is 21.2. The number of hydrogen-bond acceptors (Lipinski definition) is 9. The average Bonchev–Trinajstić information content (AvgIpc) is 3.33. The molecule has 12 heteroatoms. The van der Waals surface area contributed by atoms with Crippen molar-refractivity contribution >= 4 is 18.0 Å². The molecule has 1 heterocycles. The summed E-state index contributed by atoms with van der Waals surface area (Å²) in [6.07, 6.45) is -6.18. The molecule has 3 aromatic carbocycles. The third-order valence-corrected chi connectivity index (χ3v) is 7.80. The number of aliphatic hydroxyl groups excluding tert-OH is 3. The highest BCUT2D eigenvalue weighted by atomic mass is 16.7. The van der Waals surface area contributed by atoms with Gasteiger partial charge in [-0.1, -0.05) is 60.7 Å². The van der Waals surface area contributed by atoms with Gasteiger partial charge in [-0.3, -0.25) is 4.79 Å². The Morgan fingerprint density at radius 2 is 1.52 bits per heavy atom. The largest absolute Gasteiger partial charge is 0.480 e. The van der Waals surface area contributed by atoms with Crippen LogP contribution in [-0.4, -0.2) is 88.3 Å². The van der Waals surface area contributed by atoms with Gasteiger partial charge in [-0.2, -0.15) is 0 Å². The first kappa shape index (κ1) is 31.0. The molecule has 0 bridgehead atoms. The molecule has 3 aromatic rings. The van der Waals surface area contributed by atoms with Gasteiger partial charge in [0.25, 0.3) is 0 Å². The summed E-state index contributed by atoms with van der Waals surface area (Å²) >= 11 is 0. The lowest BCUT2D eigenvalue weighted by atomic mass is 9.97. The number of aliphatic hydroxyl groups is 3. The van der Waals surface area contributed by atoms with E-state index in [0.29, 0.717) is 5.56 Å². The van der Waals surface area contributed by atoms with Gasteiger partial charge in [-0.05, 0) is 39.9 Å². The minimum absolute atomic E-state index is 0.0455. The van der Waals surface area contributed by atoms with Crippen LogP contribution in [0.3, 0.4) is 0 Å². The zero-order valence-electron chi connectivity index (χ0n) is 23.8. The van der Waals surface area contributed by atoms with Crippen molar-refractivity contribution in [3.63, 3.8) is 0 Å². The maximum atomic E-state index is 12.7. The van der Waals surface area contributed by atoms with Crippen LogP contribution < -0.4 is 15.4 Å². The number of carboxylic acid groups (broad SMARTS) is 1. The van der Waals surface area contributed by atoms with Crippen molar-refractivity contribution in [1.82, 2.24) is 10.6 Å². The monoisotopic (exact) mass is 606 g/mol. The number of amides is 2. The zero-order chi connectivity index (χ0) is 31.4. The predicted molar refractivity (Wildman–Crippen MR) is 156 cm³/mol. The second-order valence-corrected chi connectivity index (χ2v) is 10.8. The lowest BCUT2D eigenvalue weighted by molar-refractivity contribution is -0.244. The summed E-state index contributed by atoms with van der Waals surface area (Å²) in [5, 5.41) is 44.8. The molecule has 1 aliphatic carbocycles.